The van der Waals surface area contributed by atoms with Crippen LogP contribution in [0.25, 0.3) is 0 Å². The molecule has 1 amide bonds. The van der Waals surface area contributed by atoms with E-state index in [1.807, 2.05) is 58.1 Å². The topological polar surface area (TPSA) is 25.2 Å². The van der Waals surface area contributed by atoms with Gasteiger partial charge in [0.15, 0.2) is 0 Å². The molecule has 3 nitrogen and oxygen atoms in total. The lowest BCUT2D eigenvalue weighted by Gasteiger charge is -2.32. The van der Waals surface area contributed by atoms with Crippen LogP contribution in [0.5, 0.6) is 0 Å². The van der Waals surface area contributed by atoms with Gasteiger partial charge in [-0.15, -0.1) is 0 Å². The van der Waals surface area contributed by atoms with Crippen LogP contribution in [0.3, 0.4) is 0 Å². The Kier molecular flexibility index (Phi) is 6.16. The van der Waals surface area contributed by atoms with Gasteiger partial charge in [-0.1, -0.05) is 48.9 Å². The van der Waals surface area contributed by atoms with Crippen LogP contribution >= 0.6 is 0 Å². The molecule has 1 heterocycles. The van der Waals surface area contributed by atoms with Crippen molar-refractivity contribution in [3.8, 4) is 0 Å². The number of nitrogens with zero attached hydrogens (tertiary/aromatic N) is 2. The molecule has 0 unspecified atom stereocenters. The van der Waals surface area contributed by atoms with Gasteiger partial charge in [0.1, 0.15) is 0 Å². The zero-order chi connectivity index (χ0) is 21.8. The van der Waals surface area contributed by atoms with Crippen molar-refractivity contribution in [1.82, 2.24) is 9.47 Å². The molecule has 4 rings (SSSR count). The molecule has 0 spiro atoms. The van der Waals surface area contributed by atoms with Crippen LogP contribution < -0.4 is 0 Å². The first-order valence-electron chi connectivity index (χ1n) is 10.5. The Morgan fingerprint density at radius 1 is 0.935 bits per heavy atom. The Bertz CT molecular complexity index is 1020. The van der Waals surface area contributed by atoms with Crippen LogP contribution in [0.4, 0.5) is 13.2 Å². The maximum Gasteiger partial charge on any atom is 0.416 e. The summed E-state index contributed by atoms with van der Waals surface area (Å²) in [6.07, 6.45) is 0.424. The highest BCUT2D eigenvalue weighted by Gasteiger charge is 2.31. The number of carbonyl (C=O) groups is 1. The van der Waals surface area contributed by atoms with Crippen molar-refractivity contribution in [3.05, 3.63) is 95.3 Å². The lowest BCUT2D eigenvalue weighted by Crippen LogP contribution is -2.38. The van der Waals surface area contributed by atoms with Gasteiger partial charge < -0.3 is 9.47 Å². The summed E-state index contributed by atoms with van der Waals surface area (Å²) in [5, 5.41) is 0. The molecule has 2 aromatic carbocycles. The van der Waals surface area contributed by atoms with Gasteiger partial charge >= 0.3 is 6.18 Å². The van der Waals surface area contributed by atoms with E-state index in [4.69, 9.17) is 0 Å². The molecule has 0 saturated heterocycles. The first-order valence-corrected chi connectivity index (χ1v) is 10.5. The highest BCUT2D eigenvalue weighted by Crippen LogP contribution is 2.31. The van der Waals surface area contributed by atoms with Gasteiger partial charge in [0, 0.05) is 30.9 Å². The van der Waals surface area contributed by atoms with E-state index < -0.39 is 11.7 Å². The first kappa shape index (κ1) is 21.2. The van der Waals surface area contributed by atoms with E-state index in [1.165, 1.54) is 12.1 Å². The molecule has 1 fully saturated rings. The third kappa shape index (κ3) is 5.19. The van der Waals surface area contributed by atoms with E-state index in [2.05, 4.69) is 0 Å². The molecule has 1 aliphatic rings. The molecule has 162 valence electrons. The summed E-state index contributed by atoms with van der Waals surface area (Å²) in [4.78, 5) is 14.9. The molecule has 0 aliphatic heterocycles. The minimum atomic E-state index is -4.36. The van der Waals surface area contributed by atoms with Gasteiger partial charge in [-0.2, -0.15) is 13.2 Å². The minimum absolute atomic E-state index is 0.0793. The lowest BCUT2D eigenvalue weighted by atomic mass is 9.84. The normalized spacial score (nSPS) is 14.3. The Labute approximate surface area is 180 Å². The Hall–Kier alpha value is -3.02. The zero-order valence-corrected chi connectivity index (χ0v) is 17.2. The van der Waals surface area contributed by atoms with E-state index in [0.29, 0.717) is 25.2 Å². The SMILES string of the molecule is O=C(C1CCC1)N(Cc1ccccc1)Cc1cccn1Cc1cccc(C(F)(F)F)c1. The van der Waals surface area contributed by atoms with Crippen molar-refractivity contribution >= 4 is 5.91 Å². The van der Waals surface area contributed by atoms with Gasteiger partial charge in [0.05, 0.1) is 12.1 Å². The standard InChI is InChI=1S/C25H25F3N2O/c26-25(27,28)22-12-4-9-20(15-22)17-29-14-6-13-23(29)18-30(24(31)21-10-5-11-21)16-19-7-2-1-3-8-19/h1-4,6-9,12-15,21H,5,10-11,16-18H2. The summed E-state index contributed by atoms with van der Waals surface area (Å²) in [5.74, 6) is 0.234. The third-order valence-corrected chi connectivity index (χ3v) is 5.87. The highest BCUT2D eigenvalue weighted by molar-refractivity contribution is 5.79. The Morgan fingerprint density at radius 3 is 2.35 bits per heavy atom. The second-order valence-electron chi connectivity index (χ2n) is 8.13. The van der Waals surface area contributed by atoms with Crippen LogP contribution in [0.2, 0.25) is 0 Å². The van der Waals surface area contributed by atoms with Gasteiger partial charge in [0.25, 0.3) is 0 Å². The van der Waals surface area contributed by atoms with Crippen molar-refractivity contribution in [3.63, 3.8) is 0 Å². The van der Waals surface area contributed by atoms with Crippen molar-refractivity contribution in [2.24, 2.45) is 5.92 Å². The molecule has 1 aliphatic carbocycles. The second kappa shape index (κ2) is 9.00. The van der Waals surface area contributed by atoms with Gasteiger partial charge in [0.2, 0.25) is 5.91 Å². The van der Waals surface area contributed by atoms with Crippen LogP contribution in [0.15, 0.2) is 72.9 Å². The molecule has 6 heteroatoms. The Balaban J connectivity index is 1.53. The molecule has 1 aromatic heterocycles. The largest absolute Gasteiger partial charge is 0.416 e. The molecule has 0 N–H and O–H groups in total. The molecule has 31 heavy (non-hydrogen) atoms. The van der Waals surface area contributed by atoms with Gasteiger partial charge in [-0.05, 0) is 48.2 Å². The monoisotopic (exact) mass is 426 g/mol. The molecule has 0 bridgehead atoms. The second-order valence-corrected chi connectivity index (χ2v) is 8.13. The average molecular weight is 426 g/mol. The van der Waals surface area contributed by atoms with Crippen molar-refractivity contribution in [1.29, 1.82) is 0 Å². The quantitative estimate of drug-likeness (QED) is 0.463. The summed E-state index contributed by atoms with van der Waals surface area (Å²) in [5.41, 5.74) is 1.89. The van der Waals surface area contributed by atoms with E-state index in [9.17, 15) is 18.0 Å². The number of hydrogen-bond donors (Lipinski definition) is 0. The fourth-order valence-corrected chi connectivity index (χ4v) is 3.91. The van der Waals surface area contributed by atoms with Gasteiger partial charge in [-0.3, -0.25) is 4.79 Å². The number of halogens is 3. The predicted molar refractivity (Wildman–Crippen MR) is 113 cm³/mol. The number of hydrogen-bond acceptors (Lipinski definition) is 1. The maximum absolute atomic E-state index is 13.1. The van der Waals surface area contributed by atoms with Crippen LogP contribution in [-0.4, -0.2) is 15.4 Å². The number of alkyl halides is 3. The number of amides is 1. The van der Waals surface area contributed by atoms with Crippen LogP contribution in [-0.2, 0) is 30.6 Å². The highest BCUT2D eigenvalue weighted by atomic mass is 19.4. The molecular weight excluding hydrogens is 401 g/mol. The lowest BCUT2D eigenvalue weighted by molar-refractivity contribution is -0.139. The molecule has 1 saturated carbocycles. The fourth-order valence-electron chi connectivity index (χ4n) is 3.91. The maximum atomic E-state index is 13.1. The molecule has 0 atom stereocenters. The summed E-state index contributed by atoms with van der Waals surface area (Å²) in [7, 11) is 0. The first-order chi connectivity index (χ1) is 14.9. The summed E-state index contributed by atoms with van der Waals surface area (Å²) in [6.45, 7) is 1.27. The van der Waals surface area contributed by atoms with Crippen LogP contribution in [0, 0.1) is 5.92 Å². The predicted octanol–water partition coefficient (Wildman–Crippen LogP) is 5.88. The smallest absolute Gasteiger partial charge is 0.345 e. The summed E-state index contributed by atoms with van der Waals surface area (Å²) < 4.78 is 41.1. The number of rotatable bonds is 7. The summed E-state index contributed by atoms with van der Waals surface area (Å²) >= 11 is 0. The van der Waals surface area contributed by atoms with Crippen molar-refractivity contribution in [2.75, 3.05) is 0 Å². The summed E-state index contributed by atoms with van der Waals surface area (Å²) in [6, 6.07) is 19.1. The fraction of sp³-hybridized carbons (Fsp3) is 0.320. The number of aromatic nitrogens is 1. The van der Waals surface area contributed by atoms with E-state index in [1.54, 1.807) is 6.07 Å². The van der Waals surface area contributed by atoms with Crippen LogP contribution in [0.1, 0.15) is 41.6 Å². The average Bonchev–Trinajstić information content (AvgIpc) is 3.13. The zero-order valence-electron chi connectivity index (χ0n) is 17.2. The third-order valence-electron chi connectivity index (χ3n) is 5.87. The van der Waals surface area contributed by atoms with Gasteiger partial charge in [-0.25, -0.2) is 0 Å². The Morgan fingerprint density at radius 2 is 1.68 bits per heavy atom. The van der Waals surface area contributed by atoms with Crippen molar-refractivity contribution < 1.29 is 18.0 Å². The van der Waals surface area contributed by atoms with E-state index in [-0.39, 0.29) is 11.8 Å². The number of carbonyl (C=O) groups excluding carboxylic acids is 1. The van der Waals surface area contributed by atoms with Crippen molar-refractivity contribution in [2.45, 2.75) is 45.1 Å². The molecule has 0 radical (unpaired) electrons. The molecular formula is C25H25F3N2O. The van der Waals surface area contributed by atoms with E-state index in [0.717, 1.165) is 36.6 Å². The van der Waals surface area contributed by atoms with E-state index >= 15 is 0 Å². The molecule has 3 aromatic rings. The number of benzene rings is 2. The minimum Gasteiger partial charge on any atom is -0.345 e.